The van der Waals surface area contributed by atoms with Crippen molar-refractivity contribution in [2.45, 2.75) is 186 Å². The van der Waals surface area contributed by atoms with E-state index in [-0.39, 0.29) is 26.1 Å². The fourth-order valence-corrected chi connectivity index (χ4v) is 9.19. The van der Waals surface area contributed by atoms with Crippen LogP contribution in [-0.4, -0.2) is 285 Å². The Labute approximate surface area is 611 Å². The van der Waals surface area contributed by atoms with Gasteiger partial charge < -0.3 is 134 Å². The van der Waals surface area contributed by atoms with Gasteiger partial charge in [-0.2, -0.15) is 79.0 Å². The lowest BCUT2D eigenvalue weighted by Crippen LogP contribution is -2.68. The Bertz CT molecular complexity index is 3170. The van der Waals surface area contributed by atoms with E-state index in [1.165, 1.54) is 4.68 Å². The lowest BCUT2D eigenvalue weighted by Gasteiger charge is -2.47. The number of aliphatic hydroxyl groups excluding tert-OH is 6. The third-order valence-electron chi connectivity index (χ3n) is 13.6. The maximum Gasteiger partial charge on any atom is 0.490 e. The molecule has 4 fully saturated rings. The molecule has 4 aliphatic rings. The average molecular weight is 1690 g/mol. The van der Waals surface area contributed by atoms with Gasteiger partial charge in [-0.3, -0.25) is 0 Å². The molecule has 19 atom stereocenters. The number of aryl methyl sites for hydroxylation is 1. The van der Waals surface area contributed by atoms with E-state index in [0.717, 1.165) is 0 Å². The second-order valence-electron chi connectivity index (χ2n) is 21.9. The number of aliphatic hydroxyl groups is 6. The summed E-state index contributed by atoms with van der Waals surface area (Å²) < 4.78 is 240. The number of nitrogens with two attached hydrogens (primary N) is 6. The minimum Gasteiger partial charge on any atom is -0.493 e. The lowest BCUT2D eigenvalue weighted by atomic mass is 9.84. The predicted molar refractivity (Wildman–Crippen MR) is 320 cm³/mol. The summed E-state index contributed by atoms with van der Waals surface area (Å²) in [4.78, 5) is 53.4. The third kappa shape index (κ3) is 34.2. The Morgan fingerprint density at radius 1 is 0.450 bits per heavy atom. The van der Waals surface area contributed by atoms with Gasteiger partial charge in [-0.05, 0) is 56.0 Å². The number of carboxylic acid groups (broad SMARTS) is 6. The van der Waals surface area contributed by atoms with Gasteiger partial charge in [0, 0.05) is 52.5 Å². The van der Waals surface area contributed by atoms with Crippen molar-refractivity contribution in [2.24, 2.45) is 34.4 Å². The highest BCUT2D eigenvalue weighted by molar-refractivity contribution is 6.34. The Morgan fingerprint density at radius 3 is 1.17 bits per heavy atom. The first-order valence-corrected chi connectivity index (χ1v) is 30.4. The Hall–Kier alpha value is -7.11. The summed E-state index contributed by atoms with van der Waals surface area (Å²) in [5.41, 5.74) is 37.4. The summed E-state index contributed by atoms with van der Waals surface area (Å²) in [7, 11) is 0. The molecule has 0 bridgehead atoms. The molecule has 1 saturated carbocycles. The first-order chi connectivity index (χ1) is 49.6. The monoisotopic (exact) mass is 1690 g/mol. The van der Waals surface area contributed by atoms with E-state index in [4.69, 9.17) is 167 Å². The summed E-state index contributed by atoms with van der Waals surface area (Å²) in [6.07, 6.45) is -47.1. The molecule has 3 saturated heterocycles. The van der Waals surface area contributed by atoms with Gasteiger partial charge in [-0.1, -0.05) is 40.0 Å². The zero-order valence-corrected chi connectivity index (χ0v) is 56.3. The zero-order valence-electron chi connectivity index (χ0n) is 54.0. The molecule has 4 heterocycles. The van der Waals surface area contributed by atoms with Crippen molar-refractivity contribution in [3.63, 3.8) is 0 Å². The summed E-state index contributed by atoms with van der Waals surface area (Å²) in [5, 5.41) is 118. The average Bonchev–Trinajstić information content (AvgIpc) is 1.74. The first kappa shape index (κ1) is 99.9. The van der Waals surface area contributed by atoms with E-state index in [9.17, 15) is 110 Å². The van der Waals surface area contributed by atoms with Crippen LogP contribution in [0.4, 0.5) is 79.0 Å². The molecule has 109 heavy (non-hydrogen) atoms. The largest absolute Gasteiger partial charge is 0.493 e. The highest BCUT2D eigenvalue weighted by Crippen LogP contribution is 2.37. The number of aromatic nitrogens is 3. The fraction of sp³-hybridized carbons (Fsp3) is 0.623. The number of hydrogen-bond donors (Lipinski definition) is 18. The molecule has 0 radical (unpaired) electrons. The molecule has 3 aliphatic heterocycles. The Kier molecular flexibility index (Phi) is 39.5. The number of alkyl halides is 18. The number of carboxylic acids is 6. The number of benzene rings is 2. The molecule has 56 heteroatoms. The molecule has 2 aromatic carbocycles. The van der Waals surface area contributed by atoms with Crippen molar-refractivity contribution in [3.8, 4) is 17.2 Å². The molecule has 7 rings (SSSR count). The van der Waals surface area contributed by atoms with E-state index >= 15 is 0 Å². The SMILES string of the molecule is NC[C@@H]1O[C@@H](O[C@H]2[C@@H](O)[C@@H](O[C@@H]3[C@@H](O)[C@H](N)C[C@H](N)[C@H]3O[C@@H]3O[C@H](CN)[C@@H](O)[C@H](O)[C@H]3N)O[C@@H]2Cn2cc(CCCCOc3cc(Cl)cc(Oc4cc(Cl)cc(Cl)c4)c3)nn2)[C@@H](N)[C@H](O)[C@H]1O.O=C(O)C(F)(F)F.O=C(O)C(F)(F)F.O=C(O)C(F)(F)F.O=C(O)C(F)(F)F.O=C(O)C(F)(F)F.O=C(O)C(F)(F)F. The molecule has 24 N–H and O–H groups in total. The van der Waals surface area contributed by atoms with E-state index in [2.05, 4.69) is 10.3 Å². The third-order valence-corrected chi connectivity index (χ3v) is 14.3. The summed E-state index contributed by atoms with van der Waals surface area (Å²) >= 11 is 18.5. The van der Waals surface area contributed by atoms with Crippen LogP contribution in [-0.2, 0) is 70.2 Å². The van der Waals surface area contributed by atoms with Gasteiger partial charge in [0.25, 0.3) is 0 Å². The Morgan fingerprint density at radius 2 is 0.789 bits per heavy atom. The summed E-state index contributed by atoms with van der Waals surface area (Å²) in [5.74, 6) is -15.2. The van der Waals surface area contributed by atoms with Crippen LogP contribution in [0.5, 0.6) is 17.2 Å². The molecular weight excluding hydrogens is 1630 g/mol. The van der Waals surface area contributed by atoms with Crippen LogP contribution in [0.25, 0.3) is 0 Å². The van der Waals surface area contributed by atoms with E-state index in [1.54, 1.807) is 42.6 Å². The number of aliphatic carboxylic acids is 6. The number of rotatable bonds is 18. The van der Waals surface area contributed by atoms with Crippen LogP contribution in [0.3, 0.4) is 0 Å². The van der Waals surface area contributed by atoms with Gasteiger partial charge in [0.15, 0.2) is 18.9 Å². The maximum atomic E-state index is 11.9. The topological polar surface area (TPSA) is 606 Å². The van der Waals surface area contributed by atoms with E-state index < -0.39 is 189 Å². The van der Waals surface area contributed by atoms with Crippen LogP contribution >= 0.6 is 34.8 Å². The van der Waals surface area contributed by atoms with Crippen LogP contribution in [0, 0.1) is 0 Å². The standard InChI is InChI=1S/C41H60Cl3N9O14.6C2HF3O2/c42-16-5-17(43)8-21(7-16)61-22-9-18(44)6-20(10-22)60-4-2-1-3-19-14-53(52-51-19)15-27-37(66-40-29(50)34(58)32(56)26(13-46)63-40)35(59)41(64-27)67-38-30(54)23(47)11-24(48)36(38)65-39-28(49)33(57)31(55)25(12-45)62-39;6*3-2(4,5)1(6)7/h5-10,14,23-41,54-59H,1-4,11-13,15,45-50H2;6*(H,6,7)/t23-,24+,25-,26+,27-,28-,29+,30+,31-,32+,33-,34+,35-,36-,37-,38-,39+,40+,41-;;;;;;/m1....../s1. The van der Waals surface area contributed by atoms with Crippen LogP contribution < -0.4 is 43.9 Å². The molecule has 1 aromatic heterocycles. The van der Waals surface area contributed by atoms with Crippen LogP contribution in [0.2, 0.25) is 15.1 Å². The second-order valence-corrected chi connectivity index (χ2v) is 23.3. The highest BCUT2D eigenvalue weighted by Gasteiger charge is 2.55. The second kappa shape index (κ2) is 43.1. The van der Waals surface area contributed by atoms with Gasteiger partial charge >= 0.3 is 72.9 Å². The first-order valence-electron chi connectivity index (χ1n) is 29.3. The molecule has 626 valence electrons. The van der Waals surface area contributed by atoms with Crippen molar-refractivity contribution >= 4 is 70.6 Å². The van der Waals surface area contributed by atoms with Crippen molar-refractivity contribution in [1.29, 1.82) is 0 Å². The molecule has 1 aliphatic carbocycles. The molecule has 0 unspecified atom stereocenters. The van der Waals surface area contributed by atoms with Crippen LogP contribution in [0.15, 0.2) is 42.6 Å². The number of unbranched alkanes of at least 4 members (excludes halogenated alkanes) is 1. The molecule has 0 amide bonds. The minimum absolute atomic E-state index is 0.0661. The predicted octanol–water partition coefficient (Wildman–Crippen LogP) is 1.36. The van der Waals surface area contributed by atoms with Gasteiger partial charge in [0.05, 0.1) is 37.0 Å². The number of ether oxygens (including phenoxy) is 8. The number of halogens is 21. The lowest BCUT2D eigenvalue weighted by molar-refractivity contribution is -0.306. The molecule has 0 spiro atoms. The van der Waals surface area contributed by atoms with Crippen LogP contribution in [0.1, 0.15) is 25.0 Å². The normalized spacial score (nSPS) is 27.7. The van der Waals surface area contributed by atoms with Gasteiger partial charge in [-0.25, -0.2) is 33.4 Å². The minimum atomic E-state index is -5.08. The van der Waals surface area contributed by atoms with Crippen molar-refractivity contribution in [2.75, 3.05) is 19.7 Å². The van der Waals surface area contributed by atoms with Gasteiger partial charge in [0.1, 0.15) is 84.4 Å². The number of nitrogens with zero attached hydrogens (tertiary/aromatic N) is 3. The van der Waals surface area contributed by atoms with E-state index in [0.29, 0.717) is 63.9 Å². The van der Waals surface area contributed by atoms with E-state index in [1.807, 2.05) is 0 Å². The van der Waals surface area contributed by atoms with Crippen molar-refractivity contribution in [3.05, 3.63) is 63.4 Å². The zero-order chi connectivity index (χ0) is 84.7. The van der Waals surface area contributed by atoms with Crippen molar-refractivity contribution < 1.29 is 207 Å². The van der Waals surface area contributed by atoms with Crippen molar-refractivity contribution in [1.82, 2.24) is 15.0 Å². The number of hydrogen-bond acceptors (Lipinski definition) is 28. The summed E-state index contributed by atoms with van der Waals surface area (Å²) in [6.45, 7) is -0.0780. The Balaban J connectivity index is 0.00000114. The fourth-order valence-electron chi connectivity index (χ4n) is 8.47. The highest BCUT2D eigenvalue weighted by atomic mass is 35.5. The maximum absolute atomic E-state index is 11.9. The van der Waals surface area contributed by atoms with Gasteiger partial charge in [-0.15, -0.1) is 5.10 Å². The molecular formula is C53H66Cl3F18N9O26. The number of carbonyl (C=O) groups is 6. The molecule has 35 nitrogen and oxygen atoms in total. The smallest absolute Gasteiger partial charge is 0.490 e. The molecule has 3 aromatic rings. The quantitative estimate of drug-likeness (QED) is 0.0631. The summed E-state index contributed by atoms with van der Waals surface area (Å²) in [6, 6.07) is 5.51. The van der Waals surface area contributed by atoms with Gasteiger partial charge in [0.2, 0.25) is 0 Å².